The number of hydrogen-bond acceptors (Lipinski definition) is 7. The first-order chi connectivity index (χ1) is 15.0. The number of benzene rings is 3. The summed E-state index contributed by atoms with van der Waals surface area (Å²) in [6, 6.07) is 18.9. The SMILES string of the molecule is COc1ccc(-c2c(C)c3cc(OCc4ccc(N([O-])O)cc4)ccc3oc2=O)cc1. The fraction of sp³-hybridized carbons (Fsp3) is 0.125. The predicted octanol–water partition coefficient (Wildman–Crippen LogP) is 5.05. The molecule has 158 valence electrons. The number of anilines is 1. The van der Waals surface area contributed by atoms with E-state index in [0.29, 0.717) is 22.6 Å². The van der Waals surface area contributed by atoms with Crippen molar-refractivity contribution in [2.45, 2.75) is 13.5 Å². The summed E-state index contributed by atoms with van der Waals surface area (Å²) in [4.78, 5) is 12.6. The fourth-order valence-electron chi connectivity index (χ4n) is 3.40. The molecule has 4 aromatic rings. The van der Waals surface area contributed by atoms with Crippen molar-refractivity contribution in [1.82, 2.24) is 0 Å². The van der Waals surface area contributed by atoms with Crippen molar-refractivity contribution in [3.8, 4) is 22.6 Å². The van der Waals surface area contributed by atoms with E-state index in [0.717, 1.165) is 22.1 Å². The highest BCUT2D eigenvalue weighted by atomic mass is 16.8. The number of fused-ring (bicyclic) bond motifs is 1. The number of ether oxygens (including phenoxy) is 2. The maximum atomic E-state index is 12.6. The van der Waals surface area contributed by atoms with E-state index < -0.39 is 5.63 Å². The standard InChI is InChI=1S/C24H20NO6/c1-15-21-13-20(30-14-16-3-7-18(8-4-16)25(27)28)11-12-22(21)31-24(26)23(15)17-5-9-19(29-2)10-6-17/h3-13,27H,14H2,1-2H3/q-1. The number of nitrogens with zero attached hydrogens (tertiary/aromatic N) is 1. The van der Waals surface area contributed by atoms with Crippen molar-refractivity contribution >= 4 is 16.7 Å². The minimum Gasteiger partial charge on any atom is -0.733 e. The third-order valence-electron chi connectivity index (χ3n) is 5.08. The molecule has 7 heteroatoms. The fourth-order valence-corrected chi connectivity index (χ4v) is 3.40. The highest BCUT2D eigenvalue weighted by molar-refractivity contribution is 5.87. The molecule has 0 fully saturated rings. The Morgan fingerprint density at radius 2 is 1.68 bits per heavy atom. The number of hydrogen-bond donors (Lipinski definition) is 1. The molecule has 31 heavy (non-hydrogen) atoms. The summed E-state index contributed by atoms with van der Waals surface area (Å²) in [5.41, 5.74) is 3.10. The van der Waals surface area contributed by atoms with Crippen LogP contribution in [0.4, 0.5) is 5.69 Å². The maximum absolute atomic E-state index is 12.6. The Bertz CT molecular complexity index is 1260. The van der Waals surface area contributed by atoms with E-state index in [-0.39, 0.29) is 17.5 Å². The largest absolute Gasteiger partial charge is 0.733 e. The highest BCUT2D eigenvalue weighted by Crippen LogP contribution is 2.30. The van der Waals surface area contributed by atoms with E-state index in [1.165, 1.54) is 12.1 Å². The van der Waals surface area contributed by atoms with E-state index in [1.807, 2.05) is 25.1 Å². The van der Waals surface area contributed by atoms with Crippen LogP contribution in [0.15, 0.2) is 75.9 Å². The molecule has 7 nitrogen and oxygen atoms in total. The van der Waals surface area contributed by atoms with Crippen LogP contribution in [0.1, 0.15) is 11.1 Å². The molecule has 0 aliphatic heterocycles. The van der Waals surface area contributed by atoms with Gasteiger partial charge in [-0.15, -0.1) is 0 Å². The zero-order valence-corrected chi connectivity index (χ0v) is 17.0. The molecule has 0 amide bonds. The van der Waals surface area contributed by atoms with Crippen LogP contribution in [0, 0.1) is 12.1 Å². The molecule has 0 bridgehead atoms. The van der Waals surface area contributed by atoms with Crippen molar-refractivity contribution in [2.75, 3.05) is 12.3 Å². The lowest BCUT2D eigenvalue weighted by Crippen LogP contribution is -2.07. The first-order valence-corrected chi connectivity index (χ1v) is 9.56. The normalized spacial score (nSPS) is 10.8. The molecule has 3 aromatic carbocycles. The number of aryl methyl sites for hydroxylation is 1. The van der Waals surface area contributed by atoms with Crippen LogP contribution < -0.4 is 20.3 Å². The summed E-state index contributed by atoms with van der Waals surface area (Å²) in [5.74, 6) is 1.32. The first-order valence-electron chi connectivity index (χ1n) is 9.56. The Labute approximate surface area is 178 Å². The van der Waals surface area contributed by atoms with Gasteiger partial charge in [-0.2, -0.15) is 0 Å². The van der Waals surface area contributed by atoms with Gasteiger partial charge in [0.15, 0.2) is 0 Å². The van der Waals surface area contributed by atoms with Gasteiger partial charge in [0.2, 0.25) is 0 Å². The Balaban J connectivity index is 1.63. The molecule has 0 spiro atoms. The van der Waals surface area contributed by atoms with Gasteiger partial charge < -0.3 is 24.3 Å². The van der Waals surface area contributed by atoms with E-state index in [4.69, 9.17) is 19.1 Å². The summed E-state index contributed by atoms with van der Waals surface area (Å²) >= 11 is 0. The summed E-state index contributed by atoms with van der Waals surface area (Å²) in [6.07, 6.45) is 0. The van der Waals surface area contributed by atoms with Gasteiger partial charge in [0.1, 0.15) is 23.7 Å². The Kier molecular flexibility index (Phi) is 5.62. The molecule has 0 aliphatic rings. The molecule has 4 rings (SSSR count). The van der Waals surface area contributed by atoms with Crippen molar-refractivity contribution in [3.05, 3.63) is 93.5 Å². The van der Waals surface area contributed by atoms with Gasteiger partial charge in [-0.1, -0.05) is 24.3 Å². The van der Waals surface area contributed by atoms with Crippen molar-refractivity contribution in [3.63, 3.8) is 0 Å². The zero-order valence-electron chi connectivity index (χ0n) is 17.0. The average molecular weight is 418 g/mol. The second-order valence-corrected chi connectivity index (χ2v) is 7.00. The molecule has 1 N–H and O–H groups in total. The molecule has 0 saturated carbocycles. The molecule has 1 heterocycles. The lowest BCUT2D eigenvalue weighted by molar-refractivity contribution is 0.295. The van der Waals surface area contributed by atoms with Gasteiger partial charge in [0, 0.05) is 5.39 Å². The molecule has 0 atom stereocenters. The Morgan fingerprint density at radius 3 is 2.32 bits per heavy atom. The van der Waals surface area contributed by atoms with Gasteiger partial charge >= 0.3 is 5.63 Å². The van der Waals surface area contributed by atoms with Gasteiger partial charge in [-0.25, -0.2) is 4.79 Å². The summed E-state index contributed by atoms with van der Waals surface area (Å²) < 4.78 is 16.6. The number of rotatable bonds is 6. The van der Waals surface area contributed by atoms with Gasteiger partial charge in [-0.3, -0.25) is 5.21 Å². The van der Waals surface area contributed by atoms with Crippen LogP contribution in [0.3, 0.4) is 0 Å². The van der Waals surface area contributed by atoms with Crippen molar-refractivity contribution in [2.24, 2.45) is 0 Å². The third kappa shape index (κ3) is 4.23. The Morgan fingerprint density at radius 1 is 1.00 bits per heavy atom. The topological polar surface area (TPSA) is 95.2 Å². The second kappa shape index (κ2) is 8.51. The quantitative estimate of drug-likeness (QED) is 0.346. The second-order valence-electron chi connectivity index (χ2n) is 7.00. The van der Waals surface area contributed by atoms with Crippen molar-refractivity contribution in [1.29, 1.82) is 0 Å². The first kappa shape index (κ1) is 20.5. The van der Waals surface area contributed by atoms with Gasteiger partial charge in [0.25, 0.3) is 0 Å². The zero-order chi connectivity index (χ0) is 22.0. The summed E-state index contributed by atoms with van der Waals surface area (Å²) in [6.45, 7) is 2.15. The summed E-state index contributed by atoms with van der Waals surface area (Å²) in [5, 5.41) is 20.4. The van der Waals surface area contributed by atoms with Gasteiger partial charge in [-0.05, 0) is 66.1 Å². The van der Waals surface area contributed by atoms with Crippen molar-refractivity contribution < 1.29 is 19.1 Å². The molecular formula is C24H20NO6-. The monoisotopic (exact) mass is 418 g/mol. The number of methoxy groups -OCH3 is 1. The van der Waals surface area contributed by atoms with E-state index >= 15 is 0 Å². The summed E-state index contributed by atoms with van der Waals surface area (Å²) in [7, 11) is 1.59. The van der Waals surface area contributed by atoms with Crippen LogP contribution in [0.25, 0.3) is 22.1 Å². The van der Waals surface area contributed by atoms with Gasteiger partial charge in [0.05, 0.1) is 18.4 Å². The third-order valence-corrected chi connectivity index (χ3v) is 5.08. The lowest BCUT2D eigenvalue weighted by Gasteiger charge is -2.21. The van der Waals surface area contributed by atoms with Crippen LogP contribution in [-0.4, -0.2) is 12.3 Å². The van der Waals surface area contributed by atoms with E-state index in [1.54, 1.807) is 43.5 Å². The average Bonchev–Trinajstić information content (AvgIpc) is 2.78. The molecule has 0 unspecified atom stereocenters. The highest BCUT2D eigenvalue weighted by Gasteiger charge is 2.14. The maximum Gasteiger partial charge on any atom is 0.344 e. The smallest absolute Gasteiger partial charge is 0.344 e. The molecule has 0 saturated heterocycles. The Hall–Kier alpha value is -3.81. The van der Waals surface area contributed by atoms with E-state index in [9.17, 15) is 10.0 Å². The van der Waals surface area contributed by atoms with Crippen LogP contribution in [0.2, 0.25) is 0 Å². The van der Waals surface area contributed by atoms with Crippen LogP contribution in [0.5, 0.6) is 11.5 Å². The molecule has 1 aromatic heterocycles. The predicted molar refractivity (Wildman–Crippen MR) is 118 cm³/mol. The lowest BCUT2D eigenvalue weighted by atomic mass is 9.99. The van der Waals surface area contributed by atoms with E-state index in [2.05, 4.69) is 0 Å². The minimum atomic E-state index is -0.403. The molecular weight excluding hydrogens is 398 g/mol. The van der Waals surface area contributed by atoms with Crippen LogP contribution >= 0.6 is 0 Å². The molecule has 0 aliphatic carbocycles. The molecule has 0 radical (unpaired) electrons. The minimum absolute atomic E-state index is 0.145. The van der Waals surface area contributed by atoms with Crippen LogP contribution in [-0.2, 0) is 6.61 Å².